The molecule has 0 radical (unpaired) electrons. The zero-order chi connectivity index (χ0) is 30.3. The predicted molar refractivity (Wildman–Crippen MR) is 160 cm³/mol. The van der Waals surface area contributed by atoms with Crippen LogP contribution in [0.4, 0.5) is 17.1 Å². The van der Waals surface area contributed by atoms with Gasteiger partial charge in [-0.15, -0.1) is 0 Å². The van der Waals surface area contributed by atoms with Gasteiger partial charge in [0.1, 0.15) is 12.3 Å². The third-order valence-corrected chi connectivity index (χ3v) is 8.19. The number of anilines is 3. The van der Waals surface area contributed by atoms with Crippen molar-refractivity contribution in [3.05, 3.63) is 57.3 Å². The molecule has 0 saturated heterocycles. The maximum Gasteiger partial charge on any atom is 0.224 e. The van der Waals surface area contributed by atoms with Crippen LogP contribution in [-0.4, -0.2) is 60.4 Å². The second kappa shape index (κ2) is 11.3. The van der Waals surface area contributed by atoms with Gasteiger partial charge in [-0.1, -0.05) is 13.8 Å². The fraction of sp³-hybridized carbons (Fsp3) is 0.375. The summed E-state index contributed by atoms with van der Waals surface area (Å²) >= 11 is 0. The lowest BCUT2D eigenvalue weighted by Crippen LogP contribution is -2.42. The average Bonchev–Trinajstić information content (AvgIpc) is 2.98. The number of nitrogens with one attached hydrogen (secondary N) is 2. The Morgan fingerprint density at radius 2 is 1.50 bits per heavy atom. The maximum absolute atomic E-state index is 13.9. The Balaban J connectivity index is 1.77. The number of amides is 2. The summed E-state index contributed by atoms with van der Waals surface area (Å²) in [5.41, 5.74) is 2.33. The van der Waals surface area contributed by atoms with Crippen molar-refractivity contribution in [2.45, 2.75) is 53.4 Å². The number of carbonyl (C=O) groups excluding carboxylic acids is 5. The number of aliphatic hydroxyl groups excluding tert-OH is 1. The van der Waals surface area contributed by atoms with Crippen LogP contribution < -0.4 is 30.7 Å². The minimum Gasteiger partial charge on any atom is -0.506 e. The molecule has 2 amide bonds. The smallest absolute Gasteiger partial charge is 0.224 e. The molecular weight excluding hydrogens is 536 g/mol. The van der Waals surface area contributed by atoms with Crippen LogP contribution >= 0.6 is 0 Å². The number of rotatable bonds is 7. The highest BCUT2D eigenvalue weighted by Gasteiger charge is 2.39. The van der Waals surface area contributed by atoms with Gasteiger partial charge in [0.05, 0.1) is 34.5 Å². The number of aliphatic hydroxyl groups is 1. The first-order chi connectivity index (χ1) is 20.1. The SMILES string of the molecule is CCC(=O)Nc1cc2c(cc1C1=C(O)/C(=c3\cc4c(cc3NC(=O)CC)=[N+](CC)CCC4=O)C1=O)C(=O)CCN2CC. The Kier molecular flexibility index (Phi) is 7.81. The van der Waals surface area contributed by atoms with Gasteiger partial charge in [0.2, 0.25) is 23.0 Å². The molecule has 2 aliphatic heterocycles. The summed E-state index contributed by atoms with van der Waals surface area (Å²) in [6.45, 7) is 9.76. The first-order valence-electron chi connectivity index (χ1n) is 14.5. The van der Waals surface area contributed by atoms with Crippen LogP contribution in [0.15, 0.2) is 30.0 Å². The number of hydrogen-bond donors (Lipinski definition) is 3. The van der Waals surface area contributed by atoms with E-state index in [0.717, 1.165) is 0 Å². The molecule has 0 spiro atoms. The van der Waals surface area contributed by atoms with Crippen molar-refractivity contribution in [2.75, 3.05) is 41.7 Å². The zero-order valence-corrected chi connectivity index (χ0v) is 24.3. The fourth-order valence-electron chi connectivity index (χ4n) is 5.79. The number of benzene rings is 2. The quantitative estimate of drug-likeness (QED) is 0.435. The molecule has 5 rings (SSSR count). The maximum atomic E-state index is 13.9. The number of fused-ring (bicyclic) bond motifs is 2. The van der Waals surface area contributed by atoms with Gasteiger partial charge in [0, 0.05) is 60.5 Å². The van der Waals surface area contributed by atoms with Gasteiger partial charge in [-0.2, -0.15) is 0 Å². The minimum absolute atomic E-state index is 0.0346. The van der Waals surface area contributed by atoms with Gasteiger partial charge >= 0.3 is 0 Å². The Hall–Kier alpha value is -4.60. The molecular formula is C32H35N4O6+. The number of hydrogen-bond acceptors (Lipinski definition) is 7. The molecule has 2 aromatic carbocycles. The number of ketones is 3. The lowest BCUT2D eigenvalue weighted by atomic mass is 9.79. The third-order valence-electron chi connectivity index (χ3n) is 8.19. The van der Waals surface area contributed by atoms with Crippen molar-refractivity contribution in [3.63, 3.8) is 0 Å². The van der Waals surface area contributed by atoms with Crippen molar-refractivity contribution < 1.29 is 29.1 Å². The van der Waals surface area contributed by atoms with Gasteiger partial charge in [0.15, 0.2) is 18.1 Å². The topological polar surface area (TPSA) is 136 Å². The molecule has 2 heterocycles. The third kappa shape index (κ3) is 4.80. The molecule has 0 fully saturated rings. The number of allylic oxidation sites excluding steroid dienone is 2. The normalized spacial score (nSPS) is 17.6. The standard InChI is InChI=1S/C32H34N4O6/c1-5-27(39)33-21-15-23-19(25(37)9-11-35(23)7-3)13-17(21)29-31(41)30(32(29)42)18-14-20-24(16-22(18)34-28(40)6-2)36(8-4)12-10-26(20)38/h13-16H,5-12H2,1-4H3,(H2,33,34,37,38,39,40,41,42)/p+1. The van der Waals surface area contributed by atoms with Crippen molar-refractivity contribution >= 4 is 57.4 Å². The van der Waals surface area contributed by atoms with Gasteiger partial charge in [-0.05, 0) is 32.0 Å². The highest BCUT2D eigenvalue weighted by molar-refractivity contribution is 6.52. The first-order valence-corrected chi connectivity index (χ1v) is 14.5. The summed E-state index contributed by atoms with van der Waals surface area (Å²) < 4.78 is 2.03. The summed E-state index contributed by atoms with van der Waals surface area (Å²) in [6.07, 6.45) is 1.02. The average molecular weight is 572 g/mol. The van der Waals surface area contributed by atoms with Crippen LogP contribution in [0.1, 0.15) is 79.7 Å². The van der Waals surface area contributed by atoms with Gasteiger partial charge < -0.3 is 20.6 Å². The predicted octanol–water partition coefficient (Wildman–Crippen LogP) is 2.60. The molecule has 0 unspecified atom stereocenters. The molecule has 0 bridgehead atoms. The van der Waals surface area contributed by atoms with Crippen molar-refractivity contribution in [2.24, 2.45) is 0 Å². The molecule has 2 aromatic rings. The molecule has 3 aliphatic rings. The van der Waals surface area contributed by atoms with Crippen molar-refractivity contribution in [1.82, 2.24) is 4.58 Å². The molecule has 218 valence electrons. The lowest BCUT2D eigenvalue weighted by Gasteiger charge is -2.32. The van der Waals surface area contributed by atoms with Crippen molar-refractivity contribution in [3.8, 4) is 0 Å². The van der Waals surface area contributed by atoms with E-state index in [9.17, 15) is 29.1 Å². The van der Waals surface area contributed by atoms with E-state index in [-0.39, 0.29) is 63.9 Å². The van der Waals surface area contributed by atoms with E-state index in [0.29, 0.717) is 72.6 Å². The molecule has 0 aromatic heterocycles. The van der Waals surface area contributed by atoms with Crippen LogP contribution in [-0.2, 0) is 14.4 Å². The van der Waals surface area contributed by atoms with Crippen LogP contribution in [0.2, 0.25) is 0 Å². The van der Waals surface area contributed by atoms with E-state index in [1.54, 1.807) is 38.1 Å². The molecule has 0 atom stereocenters. The summed E-state index contributed by atoms with van der Waals surface area (Å²) in [5, 5.41) is 18.0. The molecule has 10 heteroatoms. The van der Waals surface area contributed by atoms with Crippen molar-refractivity contribution in [1.29, 1.82) is 0 Å². The van der Waals surface area contributed by atoms with E-state index < -0.39 is 5.78 Å². The summed E-state index contributed by atoms with van der Waals surface area (Å²) in [4.78, 5) is 66.6. The van der Waals surface area contributed by atoms with Crippen LogP contribution in [0.5, 0.6) is 0 Å². The van der Waals surface area contributed by atoms with E-state index >= 15 is 0 Å². The lowest BCUT2D eigenvalue weighted by molar-refractivity contribution is -0.116. The second-order valence-electron chi connectivity index (χ2n) is 10.6. The molecule has 3 N–H and O–H groups in total. The van der Waals surface area contributed by atoms with Gasteiger partial charge in [-0.25, -0.2) is 4.58 Å². The van der Waals surface area contributed by atoms with Crippen LogP contribution in [0.25, 0.3) is 11.1 Å². The Morgan fingerprint density at radius 3 is 2.12 bits per heavy atom. The number of nitrogens with zero attached hydrogens (tertiary/aromatic N) is 2. The first kappa shape index (κ1) is 28.9. The number of carbonyl (C=O) groups is 5. The van der Waals surface area contributed by atoms with E-state index in [1.165, 1.54) is 0 Å². The Bertz CT molecular complexity index is 1740. The summed E-state index contributed by atoms with van der Waals surface area (Å²) in [5.74, 6) is -1.58. The van der Waals surface area contributed by atoms with E-state index in [4.69, 9.17) is 0 Å². The van der Waals surface area contributed by atoms with Crippen LogP contribution in [0.3, 0.4) is 0 Å². The monoisotopic (exact) mass is 571 g/mol. The highest BCUT2D eigenvalue weighted by atomic mass is 16.3. The highest BCUT2D eigenvalue weighted by Crippen LogP contribution is 2.43. The molecule has 0 saturated carbocycles. The molecule has 1 aliphatic carbocycles. The second-order valence-corrected chi connectivity index (χ2v) is 10.6. The molecule has 10 nitrogen and oxygen atoms in total. The fourth-order valence-corrected chi connectivity index (χ4v) is 5.79. The Labute approximate surface area is 243 Å². The van der Waals surface area contributed by atoms with E-state index in [1.807, 2.05) is 23.3 Å². The Morgan fingerprint density at radius 1 is 0.833 bits per heavy atom. The summed E-state index contributed by atoms with van der Waals surface area (Å²) in [7, 11) is 0. The zero-order valence-electron chi connectivity index (χ0n) is 24.3. The number of Topliss-reactive ketones (excluding diaryl/α,β-unsaturated/α-hetero) is 3. The van der Waals surface area contributed by atoms with E-state index in [2.05, 4.69) is 10.6 Å². The minimum atomic E-state index is -0.516. The van der Waals surface area contributed by atoms with Gasteiger partial charge in [-0.3, -0.25) is 24.0 Å². The summed E-state index contributed by atoms with van der Waals surface area (Å²) in [6, 6.07) is 6.52. The molecule has 42 heavy (non-hydrogen) atoms. The van der Waals surface area contributed by atoms with Crippen LogP contribution in [0, 0.1) is 0 Å². The van der Waals surface area contributed by atoms with Gasteiger partial charge in [0.25, 0.3) is 0 Å². The largest absolute Gasteiger partial charge is 0.506 e.